The summed E-state index contributed by atoms with van der Waals surface area (Å²) in [5.74, 6) is 3.16. The normalized spacial score (nSPS) is 50.3. The highest BCUT2D eigenvalue weighted by molar-refractivity contribution is 5.69. The monoisotopic (exact) mass is 512 g/mol. The number of carbonyl (C=O) groups is 1. The number of rotatable bonds is 5. The van der Waals surface area contributed by atoms with Crippen LogP contribution in [0.15, 0.2) is 12.2 Å². The van der Waals surface area contributed by atoms with Crippen LogP contribution < -0.4 is 0 Å². The molecule has 0 radical (unpaired) electrons. The molecule has 37 heavy (non-hydrogen) atoms. The Morgan fingerprint density at radius 3 is 2.30 bits per heavy atom. The first-order chi connectivity index (χ1) is 17.3. The van der Waals surface area contributed by atoms with Gasteiger partial charge in [-0.15, -0.1) is 0 Å². The van der Waals surface area contributed by atoms with Gasteiger partial charge in [-0.2, -0.15) is 0 Å². The number of aliphatic hydroxyl groups excluding tert-OH is 1. The number of carbonyl (C=O) groups excluding carboxylic acids is 1. The Balaban J connectivity index is 1.49. The van der Waals surface area contributed by atoms with Crippen LogP contribution in [0, 0.1) is 56.7 Å². The van der Waals surface area contributed by atoms with E-state index in [0.717, 1.165) is 18.8 Å². The van der Waals surface area contributed by atoms with E-state index < -0.39 is 0 Å². The Hall–Kier alpha value is -0.830. The first-order valence-corrected chi connectivity index (χ1v) is 15.8. The molecule has 5 aliphatic carbocycles. The van der Waals surface area contributed by atoms with Gasteiger partial charge in [-0.3, -0.25) is 4.79 Å². The van der Waals surface area contributed by atoms with Crippen LogP contribution in [-0.4, -0.2) is 23.8 Å². The zero-order chi connectivity index (χ0) is 27.0. The van der Waals surface area contributed by atoms with Crippen LogP contribution in [0.25, 0.3) is 0 Å². The molecule has 0 aromatic heterocycles. The molecule has 0 aromatic carbocycles. The van der Waals surface area contributed by atoms with Crippen molar-refractivity contribution in [2.45, 2.75) is 132 Å². The van der Waals surface area contributed by atoms with Gasteiger partial charge in [0.2, 0.25) is 0 Å². The molecule has 10 atom stereocenters. The Labute approximate surface area is 227 Å². The highest BCUT2D eigenvalue weighted by atomic mass is 16.5. The summed E-state index contributed by atoms with van der Waals surface area (Å²) in [6, 6.07) is 0. The number of esters is 1. The van der Waals surface area contributed by atoms with E-state index in [1.54, 1.807) is 0 Å². The minimum absolute atomic E-state index is 0.00661. The molecule has 0 aliphatic heterocycles. The maximum atomic E-state index is 12.5. The number of ether oxygens (including phenoxy) is 1. The fourth-order valence-corrected chi connectivity index (χ4v) is 12.0. The number of hydrogen-bond donors (Lipinski definition) is 1. The summed E-state index contributed by atoms with van der Waals surface area (Å²) >= 11 is 0. The molecular formula is C34H56O3. The zero-order valence-electron chi connectivity index (χ0n) is 25.1. The van der Waals surface area contributed by atoms with Gasteiger partial charge in [0, 0.05) is 11.8 Å². The molecule has 0 unspecified atom stereocenters. The maximum Gasteiger partial charge on any atom is 0.305 e. The van der Waals surface area contributed by atoms with Crippen molar-refractivity contribution in [3.8, 4) is 0 Å². The Bertz CT molecular complexity index is 922. The van der Waals surface area contributed by atoms with Crippen LogP contribution >= 0.6 is 0 Å². The maximum absolute atomic E-state index is 12.5. The Kier molecular flexibility index (Phi) is 6.82. The van der Waals surface area contributed by atoms with Gasteiger partial charge in [-0.05, 0) is 129 Å². The third-order valence-electron chi connectivity index (χ3n) is 14.2. The predicted octanol–water partition coefficient (Wildman–Crippen LogP) is 8.35. The molecule has 3 nitrogen and oxygen atoms in total. The van der Waals surface area contributed by atoms with Crippen LogP contribution in [0.4, 0.5) is 0 Å². The molecule has 5 fully saturated rings. The van der Waals surface area contributed by atoms with Gasteiger partial charge in [0.25, 0.3) is 0 Å². The minimum atomic E-state index is -0.164. The van der Waals surface area contributed by atoms with E-state index in [0.29, 0.717) is 52.9 Å². The largest absolute Gasteiger partial charge is 0.465 e. The number of fused-ring (bicyclic) bond motifs is 7. The van der Waals surface area contributed by atoms with E-state index in [2.05, 4.69) is 55.0 Å². The van der Waals surface area contributed by atoms with Crippen LogP contribution in [0.5, 0.6) is 0 Å². The standard InChI is InChI=1S/C34H56O3/c1-9-10-28(36)37-21-34-18-13-23(22(2)3)29(34)24-11-12-26-31(6)16-15-27(35)30(4,5)25(31)14-17-33(26,8)32(24,7)19-20-34/h23-27,29,35H,2,9-21H2,1,3-8H3/t23-,24+,25-,26+,27-,29+,31-,32+,33+,34+/m0/s1. The average Bonchev–Trinajstić information content (AvgIpc) is 3.21. The third-order valence-corrected chi connectivity index (χ3v) is 14.2. The molecule has 5 saturated carbocycles. The van der Waals surface area contributed by atoms with Crippen LogP contribution in [0.3, 0.4) is 0 Å². The molecule has 0 saturated heterocycles. The number of allylic oxidation sites excluding steroid dienone is 1. The summed E-state index contributed by atoms with van der Waals surface area (Å²) in [5.41, 5.74) is 2.45. The van der Waals surface area contributed by atoms with Crippen molar-refractivity contribution in [3.05, 3.63) is 12.2 Å². The highest BCUT2D eigenvalue weighted by Gasteiger charge is 2.70. The van der Waals surface area contributed by atoms with E-state index >= 15 is 0 Å². The number of aliphatic hydroxyl groups is 1. The molecule has 0 aromatic rings. The molecule has 210 valence electrons. The summed E-state index contributed by atoms with van der Waals surface area (Å²) in [4.78, 5) is 12.5. The molecule has 0 heterocycles. The molecule has 0 amide bonds. The van der Waals surface area contributed by atoms with Crippen LogP contribution in [0.1, 0.15) is 126 Å². The second-order valence-corrected chi connectivity index (χ2v) is 15.8. The molecule has 0 bridgehead atoms. The van der Waals surface area contributed by atoms with E-state index in [9.17, 15) is 9.90 Å². The Morgan fingerprint density at radius 2 is 1.62 bits per heavy atom. The third kappa shape index (κ3) is 3.78. The second-order valence-electron chi connectivity index (χ2n) is 15.8. The van der Waals surface area contributed by atoms with E-state index in [-0.39, 0.29) is 22.9 Å². The van der Waals surface area contributed by atoms with Gasteiger partial charge in [0.1, 0.15) is 0 Å². The van der Waals surface area contributed by atoms with Crippen molar-refractivity contribution in [3.63, 3.8) is 0 Å². The van der Waals surface area contributed by atoms with Crippen molar-refractivity contribution in [2.75, 3.05) is 6.61 Å². The lowest BCUT2D eigenvalue weighted by Crippen LogP contribution is -2.66. The molecular weight excluding hydrogens is 456 g/mol. The average molecular weight is 513 g/mol. The van der Waals surface area contributed by atoms with Crippen molar-refractivity contribution in [2.24, 2.45) is 56.7 Å². The Morgan fingerprint density at radius 1 is 0.892 bits per heavy atom. The molecule has 1 N–H and O–H groups in total. The fourth-order valence-electron chi connectivity index (χ4n) is 12.0. The summed E-state index contributed by atoms with van der Waals surface area (Å²) in [6.07, 6.45) is 13.4. The number of hydrogen-bond acceptors (Lipinski definition) is 3. The molecule has 3 heteroatoms. The van der Waals surface area contributed by atoms with Crippen molar-refractivity contribution < 1.29 is 14.6 Å². The van der Waals surface area contributed by atoms with Crippen LogP contribution in [-0.2, 0) is 9.53 Å². The highest BCUT2D eigenvalue weighted by Crippen LogP contribution is 2.77. The van der Waals surface area contributed by atoms with Gasteiger partial charge >= 0.3 is 5.97 Å². The summed E-state index contributed by atoms with van der Waals surface area (Å²) < 4.78 is 6.03. The van der Waals surface area contributed by atoms with E-state index in [1.165, 1.54) is 63.4 Å². The lowest BCUT2D eigenvalue weighted by molar-refractivity contribution is -0.250. The first-order valence-electron chi connectivity index (χ1n) is 15.8. The molecule has 0 spiro atoms. The minimum Gasteiger partial charge on any atom is -0.465 e. The SMILES string of the molecule is C=C(C)[C@@H]1CC[C@]2(COC(=O)CCC)CC[C@]3(C)[C@H](CC[C@@H]4[C@@]5(C)CC[C@H](O)C(C)(C)[C@@H]5CC[C@]43C)[C@@H]12. The fraction of sp³-hybridized carbons (Fsp3) is 0.912. The first kappa shape index (κ1) is 27.7. The van der Waals surface area contributed by atoms with Gasteiger partial charge in [-0.1, -0.05) is 53.7 Å². The zero-order valence-corrected chi connectivity index (χ0v) is 25.1. The van der Waals surface area contributed by atoms with E-state index in [4.69, 9.17) is 4.74 Å². The molecule has 5 rings (SSSR count). The van der Waals surface area contributed by atoms with Crippen molar-refractivity contribution >= 4 is 5.97 Å². The van der Waals surface area contributed by atoms with Gasteiger partial charge < -0.3 is 9.84 Å². The van der Waals surface area contributed by atoms with Crippen molar-refractivity contribution in [1.82, 2.24) is 0 Å². The van der Waals surface area contributed by atoms with Crippen LogP contribution in [0.2, 0.25) is 0 Å². The van der Waals surface area contributed by atoms with Crippen molar-refractivity contribution in [1.29, 1.82) is 0 Å². The van der Waals surface area contributed by atoms with Gasteiger partial charge in [0.15, 0.2) is 0 Å². The van der Waals surface area contributed by atoms with Gasteiger partial charge in [-0.25, -0.2) is 0 Å². The smallest absolute Gasteiger partial charge is 0.305 e. The summed E-state index contributed by atoms with van der Waals surface area (Å²) in [7, 11) is 0. The summed E-state index contributed by atoms with van der Waals surface area (Å²) in [6.45, 7) is 22.1. The van der Waals surface area contributed by atoms with Gasteiger partial charge in [0.05, 0.1) is 12.7 Å². The lowest BCUT2D eigenvalue weighted by Gasteiger charge is -2.73. The molecule has 5 aliphatic rings. The summed E-state index contributed by atoms with van der Waals surface area (Å²) in [5, 5.41) is 11.0. The van der Waals surface area contributed by atoms with E-state index in [1.807, 2.05) is 0 Å². The predicted molar refractivity (Wildman–Crippen MR) is 151 cm³/mol. The topological polar surface area (TPSA) is 46.5 Å². The second kappa shape index (κ2) is 9.10. The quantitative estimate of drug-likeness (QED) is 0.297. The lowest BCUT2D eigenvalue weighted by atomic mass is 9.32.